The Kier molecular flexibility index (Phi) is 4.24. The minimum absolute atomic E-state index is 0.756. The summed E-state index contributed by atoms with van der Waals surface area (Å²) in [5.74, 6) is 1.30. The van der Waals surface area contributed by atoms with Gasteiger partial charge in [0.15, 0.2) is 0 Å². The van der Waals surface area contributed by atoms with Gasteiger partial charge in [0.2, 0.25) is 0 Å². The van der Waals surface area contributed by atoms with Crippen molar-refractivity contribution >= 4 is 27.7 Å². The Labute approximate surface area is 82.0 Å². The minimum Gasteiger partial charge on any atom is -0.298 e. The van der Waals surface area contributed by atoms with Gasteiger partial charge >= 0.3 is 0 Å². The number of rotatable bonds is 2. The number of thioether (sulfide) groups is 1. The Hall–Kier alpha value is 0.790. The third kappa shape index (κ3) is 2.63. The number of hydrogen-bond acceptors (Lipinski definition) is 2. The zero-order chi connectivity index (χ0) is 8.27. The maximum Gasteiger partial charge on any atom is 0.0184 e. The Bertz CT molecular complexity index is 119. The number of halogens is 1. The molecule has 1 rings (SSSR count). The smallest absolute Gasteiger partial charge is 0.0184 e. The molecule has 1 heterocycles. The first-order valence-corrected chi connectivity index (χ1v) is 6.34. The van der Waals surface area contributed by atoms with Crippen LogP contribution in [0.25, 0.3) is 0 Å². The number of nitrogens with zero attached hydrogens (tertiary/aromatic N) is 1. The predicted octanol–water partition coefficient (Wildman–Crippen LogP) is 2.21. The van der Waals surface area contributed by atoms with Crippen molar-refractivity contribution in [2.45, 2.75) is 25.1 Å². The van der Waals surface area contributed by atoms with Gasteiger partial charge in [-0.3, -0.25) is 4.90 Å². The molecule has 0 aliphatic carbocycles. The Morgan fingerprint density at radius 3 is 2.91 bits per heavy atom. The summed E-state index contributed by atoms with van der Waals surface area (Å²) in [7, 11) is 0. The maximum absolute atomic E-state index is 3.48. The summed E-state index contributed by atoms with van der Waals surface area (Å²) in [6.45, 7) is 7.13. The molecule has 1 aliphatic rings. The zero-order valence-electron chi connectivity index (χ0n) is 7.22. The van der Waals surface area contributed by atoms with Gasteiger partial charge in [0.25, 0.3) is 0 Å². The van der Waals surface area contributed by atoms with Crippen molar-refractivity contribution in [1.29, 1.82) is 0 Å². The van der Waals surface area contributed by atoms with Crippen LogP contribution in [0, 0.1) is 0 Å². The quantitative estimate of drug-likeness (QED) is 0.678. The van der Waals surface area contributed by atoms with Crippen molar-refractivity contribution in [3.63, 3.8) is 0 Å². The lowest BCUT2D eigenvalue weighted by Crippen LogP contribution is -2.45. The molecule has 2 unspecified atom stereocenters. The minimum atomic E-state index is 0.756. The summed E-state index contributed by atoms with van der Waals surface area (Å²) in [4.78, 5) is 2.57. The van der Waals surface area contributed by atoms with Crippen LogP contribution in [0.2, 0.25) is 0 Å². The van der Waals surface area contributed by atoms with Gasteiger partial charge in [0, 0.05) is 35.5 Å². The maximum atomic E-state index is 3.48. The van der Waals surface area contributed by atoms with E-state index in [0.29, 0.717) is 0 Å². The summed E-state index contributed by atoms with van der Waals surface area (Å²) in [6.07, 6.45) is 0. The van der Waals surface area contributed by atoms with Crippen LogP contribution in [0.15, 0.2) is 0 Å². The Morgan fingerprint density at radius 2 is 2.27 bits per heavy atom. The first kappa shape index (κ1) is 9.87. The number of hydrogen-bond donors (Lipinski definition) is 0. The molecule has 0 aromatic rings. The predicted molar refractivity (Wildman–Crippen MR) is 56.7 cm³/mol. The van der Waals surface area contributed by atoms with Crippen molar-refractivity contribution in [2.75, 3.05) is 24.2 Å². The van der Waals surface area contributed by atoms with Crippen molar-refractivity contribution < 1.29 is 0 Å². The first-order valence-electron chi connectivity index (χ1n) is 4.17. The standard InChI is InChI=1S/C8H16BrNS/c1-7-8(2)11-6-5-10(7)4-3-9/h7-8H,3-6H2,1-2H3. The Balaban J connectivity index is 2.38. The molecule has 1 saturated heterocycles. The molecule has 1 nitrogen and oxygen atoms in total. The highest BCUT2D eigenvalue weighted by atomic mass is 79.9. The lowest BCUT2D eigenvalue weighted by Gasteiger charge is -2.37. The topological polar surface area (TPSA) is 3.24 Å². The number of alkyl halides is 1. The van der Waals surface area contributed by atoms with Crippen LogP contribution in [0.5, 0.6) is 0 Å². The summed E-state index contributed by atoms with van der Waals surface area (Å²) < 4.78 is 0. The zero-order valence-corrected chi connectivity index (χ0v) is 9.62. The van der Waals surface area contributed by atoms with Crippen LogP contribution < -0.4 is 0 Å². The molecule has 0 aromatic heterocycles. The van der Waals surface area contributed by atoms with E-state index in [4.69, 9.17) is 0 Å². The second kappa shape index (κ2) is 4.73. The van der Waals surface area contributed by atoms with E-state index in [1.54, 1.807) is 0 Å². The fourth-order valence-corrected chi connectivity index (χ4v) is 3.04. The van der Waals surface area contributed by atoms with Gasteiger partial charge in [-0.1, -0.05) is 22.9 Å². The first-order chi connectivity index (χ1) is 5.25. The highest BCUT2D eigenvalue weighted by molar-refractivity contribution is 9.09. The van der Waals surface area contributed by atoms with Gasteiger partial charge in [-0.05, 0) is 6.92 Å². The molecule has 2 atom stereocenters. The summed E-state index contributed by atoms with van der Waals surface area (Å²) >= 11 is 5.58. The lowest BCUT2D eigenvalue weighted by molar-refractivity contribution is 0.227. The Morgan fingerprint density at radius 1 is 1.55 bits per heavy atom. The molecule has 0 spiro atoms. The monoisotopic (exact) mass is 237 g/mol. The van der Waals surface area contributed by atoms with Crippen molar-refractivity contribution in [1.82, 2.24) is 4.90 Å². The molecule has 1 fully saturated rings. The van der Waals surface area contributed by atoms with Crippen LogP contribution >= 0.6 is 27.7 Å². The van der Waals surface area contributed by atoms with E-state index in [1.165, 1.54) is 18.8 Å². The van der Waals surface area contributed by atoms with Gasteiger partial charge in [-0.15, -0.1) is 0 Å². The molecule has 0 aromatic carbocycles. The van der Waals surface area contributed by atoms with E-state index in [0.717, 1.165) is 16.6 Å². The summed E-state index contributed by atoms with van der Waals surface area (Å²) in [6, 6.07) is 0.756. The van der Waals surface area contributed by atoms with Gasteiger partial charge in [0.05, 0.1) is 0 Å². The van der Waals surface area contributed by atoms with Crippen LogP contribution in [0.1, 0.15) is 13.8 Å². The van der Waals surface area contributed by atoms with E-state index in [-0.39, 0.29) is 0 Å². The van der Waals surface area contributed by atoms with Crippen LogP contribution in [0.4, 0.5) is 0 Å². The van der Waals surface area contributed by atoms with Gasteiger partial charge in [-0.2, -0.15) is 11.8 Å². The van der Waals surface area contributed by atoms with Crippen molar-refractivity contribution in [3.05, 3.63) is 0 Å². The molecular formula is C8H16BrNS. The molecular weight excluding hydrogens is 222 g/mol. The summed E-state index contributed by atoms with van der Waals surface area (Å²) in [5, 5.41) is 1.91. The molecule has 0 saturated carbocycles. The van der Waals surface area contributed by atoms with Crippen LogP contribution in [0.3, 0.4) is 0 Å². The average molecular weight is 238 g/mol. The van der Waals surface area contributed by atoms with E-state index < -0.39 is 0 Å². The largest absolute Gasteiger partial charge is 0.298 e. The third-order valence-electron chi connectivity index (χ3n) is 2.39. The second-order valence-electron chi connectivity index (χ2n) is 3.04. The van der Waals surface area contributed by atoms with Gasteiger partial charge in [0.1, 0.15) is 0 Å². The SMILES string of the molecule is CC1SCCN(CCBr)C1C. The molecule has 11 heavy (non-hydrogen) atoms. The fourth-order valence-electron chi connectivity index (χ4n) is 1.42. The molecule has 0 amide bonds. The molecule has 0 bridgehead atoms. The van der Waals surface area contributed by atoms with Crippen molar-refractivity contribution in [2.24, 2.45) is 0 Å². The second-order valence-corrected chi connectivity index (χ2v) is 5.32. The highest BCUT2D eigenvalue weighted by Crippen LogP contribution is 2.23. The highest BCUT2D eigenvalue weighted by Gasteiger charge is 2.23. The van der Waals surface area contributed by atoms with E-state index in [2.05, 4.69) is 46.4 Å². The van der Waals surface area contributed by atoms with Crippen molar-refractivity contribution in [3.8, 4) is 0 Å². The molecule has 3 heteroatoms. The summed E-state index contributed by atoms with van der Waals surface area (Å²) in [5.41, 5.74) is 0. The van der Waals surface area contributed by atoms with E-state index in [9.17, 15) is 0 Å². The van der Waals surface area contributed by atoms with E-state index >= 15 is 0 Å². The normalized spacial score (nSPS) is 34.1. The molecule has 0 radical (unpaired) electrons. The molecule has 0 N–H and O–H groups in total. The van der Waals surface area contributed by atoms with Gasteiger partial charge in [-0.25, -0.2) is 0 Å². The fraction of sp³-hybridized carbons (Fsp3) is 1.00. The van der Waals surface area contributed by atoms with Crippen LogP contribution in [-0.4, -0.2) is 40.4 Å². The van der Waals surface area contributed by atoms with Crippen LogP contribution in [-0.2, 0) is 0 Å². The third-order valence-corrected chi connectivity index (χ3v) is 4.08. The molecule has 1 aliphatic heterocycles. The molecule has 66 valence electrons. The van der Waals surface area contributed by atoms with Gasteiger partial charge < -0.3 is 0 Å². The average Bonchev–Trinajstić information content (AvgIpc) is 1.99. The lowest BCUT2D eigenvalue weighted by atomic mass is 10.2. The van der Waals surface area contributed by atoms with E-state index in [1.807, 2.05) is 0 Å².